The maximum absolute atomic E-state index is 5.52. The smallest absolute Gasteiger partial charge is 0.147 e. The number of hydrogen-bond acceptors (Lipinski definition) is 3. The van der Waals surface area contributed by atoms with E-state index in [-0.39, 0.29) is 18.4 Å². The van der Waals surface area contributed by atoms with Gasteiger partial charge in [-0.15, -0.1) is 12.4 Å². The van der Waals surface area contributed by atoms with Crippen LogP contribution in [0.1, 0.15) is 18.7 Å². The molecule has 0 saturated heterocycles. The Morgan fingerprint density at radius 1 is 1.45 bits per heavy atom. The van der Waals surface area contributed by atoms with Crippen molar-refractivity contribution in [2.45, 2.75) is 13.0 Å². The number of nitrogens with two attached hydrogens (primary N) is 1. The molecule has 0 aromatic carbocycles. The second kappa shape index (κ2) is 4.49. The molecule has 1 aromatic heterocycles. The second-order valence-electron chi connectivity index (χ2n) is 2.05. The van der Waals surface area contributed by atoms with Gasteiger partial charge in [0.15, 0.2) is 0 Å². The van der Waals surface area contributed by atoms with Gasteiger partial charge in [-0.05, 0) is 6.92 Å². The Balaban J connectivity index is 0.000001000. The van der Waals surface area contributed by atoms with Crippen molar-refractivity contribution < 1.29 is 0 Å². The van der Waals surface area contributed by atoms with E-state index in [1.807, 2.05) is 6.92 Å². The summed E-state index contributed by atoms with van der Waals surface area (Å²) in [5, 5.41) is 0.393. The summed E-state index contributed by atoms with van der Waals surface area (Å²) >= 11 is 5.50. The molecule has 0 saturated carbocycles. The lowest BCUT2D eigenvalue weighted by atomic mass is 10.3. The van der Waals surface area contributed by atoms with E-state index in [2.05, 4.69) is 9.97 Å². The molecule has 1 rings (SSSR count). The number of hydrogen-bond donors (Lipinski definition) is 1. The Morgan fingerprint density at radius 3 is 2.45 bits per heavy atom. The molecule has 0 amide bonds. The van der Waals surface area contributed by atoms with Crippen molar-refractivity contribution in [3.05, 3.63) is 23.2 Å². The third kappa shape index (κ3) is 3.01. The molecule has 1 aromatic rings. The van der Waals surface area contributed by atoms with Crippen LogP contribution in [0.25, 0.3) is 0 Å². The lowest BCUT2D eigenvalue weighted by Crippen LogP contribution is -2.07. The van der Waals surface area contributed by atoms with E-state index in [0.29, 0.717) is 5.15 Å². The van der Waals surface area contributed by atoms with Crippen LogP contribution >= 0.6 is 24.0 Å². The lowest BCUT2D eigenvalue weighted by Gasteiger charge is -2.01. The third-order valence-corrected chi connectivity index (χ3v) is 1.30. The van der Waals surface area contributed by atoms with Gasteiger partial charge < -0.3 is 5.73 Å². The summed E-state index contributed by atoms with van der Waals surface area (Å²) < 4.78 is 0. The first kappa shape index (κ1) is 10.6. The van der Waals surface area contributed by atoms with Gasteiger partial charge in [-0.1, -0.05) is 11.6 Å². The van der Waals surface area contributed by atoms with Gasteiger partial charge in [0.1, 0.15) is 5.15 Å². The fraction of sp³-hybridized carbons (Fsp3) is 0.333. The van der Waals surface area contributed by atoms with Gasteiger partial charge in [0.2, 0.25) is 0 Å². The zero-order chi connectivity index (χ0) is 7.56. The Labute approximate surface area is 76.4 Å². The van der Waals surface area contributed by atoms with Crippen LogP contribution in [0.5, 0.6) is 0 Å². The average Bonchev–Trinajstić information content (AvgIpc) is 1.88. The predicted molar refractivity (Wildman–Crippen MR) is 46.9 cm³/mol. The molecular weight excluding hydrogens is 185 g/mol. The molecule has 1 atom stereocenters. The van der Waals surface area contributed by atoms with E-state index < -0.39 is 0 Å². The number of aromatic nitrogens is 2. The summed E-state index contributed by atoms with van der Waals surface area (Å²) in [6, 6.07) is -0.0789. The molecule has 0 aliphatic carbocycles. The van der Waals surface area contributed by atoms with Crippen LogP contribution in [0.15, 0.2) is 12.4 Å². The molecule has 2 N–H and O–H groups in total. The topological polar surface area (TPSA) is 51.8 Å². The van der Waals surface area contributed by atoms with Crippen LogP contribution in [0, 0.1) is 0 Å². The Bertz CT molecular complexity index is 210. The van der Waals surface area contributed by atoms with Gasteiger partial charge in [0.05, 0.1) is 18.1 Å². The molecule has 0 aliphatic rings. The molecule has 11 heavy (non-hydrogen) atoms. The van der Waals surface area contributed by atoms with Gasteiger partial charge in [-0.3, -0.25) is 4.98 Å². The Hall–Kier alpha value is -0.380. The molecule has 3 nitrogen and oxygen atoms in total. The van der Waals surface area contributed by atoms with Crippen LogP contribution in [-0.2, 0) is 0 Å². The standard InChI is InChI=1S/C6H8ClN3.ClH/c1-4(8)5-2-10-6(7)3-9-5;/h2-4H,8H2,1H3;1H. The van der Waals surface area contributed by atoms with Crippen molar-refractivity contribution in [3.8, 4) is 0 Å². The summed E-state index contributed by atoms with van der Waals surface area (Å²) in [6.45, 7) is 1.85. The van der Waals surface area contributed by atoms with E-state index >= 15 is 0 Å². The Kier molecular flexibility index (Phi) is 4.33. The monoisotopic (exact) mass is 193 g/mol. The first-order chi connectivity index (χ1) is 4.70. The van der Waals surface area contributed by atoms with Gasteiger partial charge in [-0.25, -0.2) is 4.98 Å². The highest BCUT2D eigenvalue weighted by atomic mass is 35.5. The van der Waals surface area contributed by atoms with E-state index in [1.165, 1.54) is 6.20 Å². The molecule has 0 radical (unpaired) electrons. The largest absolute Gasteiger partial charge is 0.323 e. The van der Waals surface area contributed by atoms with Gasteiger partial charge in [0, 0.05) is 6.04 Å². The van der Waals surface area contributed by atoms with E-state index in [1.54, 1.807) is 6.20 Å². The Morgan fingerprint density at radius 2 is 2.09 bits per heavy atom. The lowest BCUT2D eigenvalue weighted by molar-refractivity contribution is 0.772. The van der Waals surface area contributed by atoms with Crippen molar-refractivity contribution in [1.82, 2.24) is 9.97 Å². The maximum atomic E-state index is 5.52. The fourth-order valence-corrected chi connectivity index (χ4v) is 0.655. The molecule has 5 heteroatoms. The third-order valence-electron chi connectivity index (χ3n) is 1.11. The number of halogens is 2. The van der Waals surface area contributed by atoms with Crippen molar-refractivity contribution >= 4 is 24.0 Å². The minimum Gasteiger partial charge on any atom is -0.323 e. The maximum Gasteiger partial charge on any atom is 0.147 e. The number of rotatable bonds is 1. The SMILES string of the molecule is CC(N)c1cnc(Cl)cn1.Cl. The first-order valence-electron chi connectivity index (χ1n) is 2.93. The zero-order valence-electron chi connectivity index (χ0n) is 5.99. The van der Waals surface area contributed by atoms with Crippen LogP contribution in [-0.4, -0.2) is 9.97 Å². The quantitative estimate of drug-likeness (QED) is 0.738. The summed E-state index contributed by atoms with van der Waals surface area (Å²) in [7, 11) is 0. The van der Waals surface area contributed by atoms with Crippen LogP contribution in [0.4, 0.5) is 0 Å². The summed E-state index contributed by atoms with van der Waals surface area (Å²) in [5.74, 6) is 0. The summed E-state index contributed by atoms with van der Waals surface area (Å²) in [4.78, 5) is 7.78. The predicted octanol–water partition coefficient (Wildman–Crippen LogP) is 1.57. The highest BCUT2D eigenvalue weighted by molar-refractivity contribution is 6.29. The number of nitrogens with zero attached hydrogens (tertiary/aromatic N) is 2. The van der Waals surface area contributed by atoms with E-state index in [0.717, 1.165) is 5.69 Å². The van der Waals surface area contributed by atoms with Gasteiger partial charge in [0.25, 0.3) is 0 Å². The minimum absolute atomic E-state index is 0. The van der Waals surface area contributed by atoms with Crippen LogP contribution in [0.2, 0.25) is 5.15 Å². The molecule has 0 bridgehead atoms. The van der Waals surface area contributed by atoms with Gasteiger partial charge in [-0.2, -0.15) is 0 Å². The normalized spacial score (nSPS) is 11.9. The average molecular weight is 194 g/mol. The van der Waals surface area contributed by atoms with Crippen LogP contribution in [0.3, 0.4) is 0 Å². The molecule has 1 heterocycles. The molecular formula is C6H9Cl2N3. The van der Waals surface area contributed by atoms with Crippen molar-refractivity contribution in [2.24, 2.45) is 5.73 Å². The second-order valence-corrected chi connectivity index (χ2v) is 2.44. The molecule has 62 valence electrons. The van der Waals surface area contributed by atoms with E-state index in [4.69, 9.17) is 17.3 Å². The van der Waals surface area contributed by atoms with Crippen molar-refractivity contribution in [3.63, 3.8) is 0 Å². The highest BCUT2D eigenvalue weighted by Crippen LogP contribution is 2.06. The molecule has 0 fully saturated rings. The summed E-state index contributed by atoms with van der Waals surface area (Å²) in [6.07, 6.45) is 3.06. The van der Waals surface area contributed by atoms with Crippen LogP contribution < -0.4 is 5.73 Å². The van der Waals surface area contributed by atoms with Crippen molar-refractivity contribution in [2.75, 3.05) is 0 Å². The zero-order valence-corrected chi connectivity index (χ0v) is 7.56. The van der Waals surface area contributed by atoms with Crippen molar-refractivity contribution in [1.29, 1.82) is 0 Å². The first-order valence-corrected chi connectivity index (χ1v) is 3.31. The molecule has 0 aliphatic heterocycles. The highest BCUT2D eigenvalue weighted by Gasteiger charge is 1.99. The summed E-state index contributed by atoms with van der Waals surface area (Å²) in [5.41, 5.74) is 6.27. The molecule has 0 spiro atoms. The van der Waals surface area contributed by atoms with Gasteiger partial charge >= 0.3 is 0 Å². The molecule has 1 unspecified atom stereocenters. The minimum atomic E-state index is -0.0789. The van der Waals surface area contributed by atoms with E-state index in [9.17, 15) is 0 Å². The fourth-order valence-electron chi connectivity index (χ4n) is 0.557.